The summed E-state index contributed by atoms with van der Waals surface area (Å²) in [4.78, 5) is 104. The van der Waals surface area contributed by atoms with Crippen molar-refractivity contribution < 1.29 is 68.7 Å². The molecule has 0 saturated heterocycles. The van der Waals surface area contributed by atoms with Gasteiger partial charge < -0.3 is 57.9 Å². The maximum absolute atomic E-state index is 12.3. The van der Waals surface area contributed by atoms with Crippen molar-refractivity contribution in [3.05, 3.63) is 0 Å². The minimum Gasteiger partial charge on any atom is -0.481 e. The average molecular weight is 625 g/mol. The van der Waals surface area contributed by atoms with Crippen molar-refractivity contribution in [1.82, 2.24) is 26.6 Å². The molecule has 20 nitrogen and oxygen atoms in total. The zero-order valence-corrected chi connectivity index (χ0v) is 22.7. The van der Waals surface area contributed by atoms with E-state index in [2.05, 4.69) is 17.9 Å². The molecule has 5 amide bonds. The highest BCUT2D eigenvalue weighted by atomic mass is 32.1. The number of carboxylic acid groups (broad SMARTS) is 5. The van der Waals surface area contributed by atoms with Gasteiger partial charge in [-0.3, -0.25) is 24.0 Å². The molecule has 12 N–H and O–H groups in total. The number of hydrogen-bond acceptors (Lipinski definition) is 11. The molecule has 5 atom stereocenters. The van der Waals surface area contributed by atoms with Crippen LogP contribution in [0.4, 0.5) is 4.79 Å². The Morgan fingerprint density at radius 1 is 0.619 bits per heavy atom. The molecule has 21 heteroatoms. The summed E-state index contributed by atoms with van der Waals surface area (Å²) in [5.41, 5.74) is 5.65. The number of thiol groups is 1. The van der Waals surface area contributed by atoms with Crippen LogP contribution in [0.2, 0.25) is 0 Å². The molecule has 0 aliphatic rings. The van der Waals surface area contributed by atoms with Crippen LogP contribution in [0.15, 0.2) is 0 Å². The van der Waals surface area contributed by atoms with Crippen molar-refractivity contribution in [1.29, 1.82) is 0 Å². The minimum atomic E-state index is -1.73. The fourth-order valence-electron chi connectivity index (χ4n) is 2.94. The van der Waals surface area contributed by atoms with Crippen LogP contribution in [0, 0.1) is 0 Å². The van der Waals surface area contributed by atoms with Crippen molar-refractivity contribution in [3.63, 3.8) is 0 Å². The normalized spacial score (nSPS) is 14.0. The Kier molecular flexibility index (Phi) is 16.6. The molecule has 0 spiro atoms. The third-order valence-corrected chi connectivity index (χ3v) is 5.54. The zero-order valence-electron chi connectivity index (χ0n) is 21.8. The highest BCUT2D eigenvalue weighted by Gasteiger charge is 2.30. The highest BCUT2D eigenvalue weighted by molar-refractivity contribution is 7.80. The van der Waals surface area contributed by atoms with Gasteiger partial charge in [-0.05, 0) is 12.8 Å². The second kappa shape index (κ2) is 18.6. The van der Waals surface area contributed by atoms with Crippen molar-refractivity contribution in [3.8, 4) is 0 Å². The Morgan fingerprint density at radius 3 is 1.52 bits per heavy atom. The van der Waals surface area contributed by atoms with E-state index in [1.807, 2.05) is 21.3 Å². The monoisotopic (exact) mass is 624 g/mol. The lowest BCUT2D eigenvalue weighted by molar-refractivity contribution is -0.143. The molecule has 236 valence electrons. The number of amides is 5. The Labute approximate surface area is 242 Å². The first-order valence-corrected chi connectivity index (χ1v) is 12.5. The summed E-state index contributed by atoms with van der Waals surface area (Å²) >= 11 is 3.75. The highest BCUT2D eigenvalue weighted by Crippen LogP contribution is 2.02. The lowest BCUT2D eigenvalue weighted by Gasteiger charge is -2.21. The fraction of sp³-hybridized carbons (Fsp3) is 0.571. The largest absolute Gasteiger partial charge is 0.481 e. The lowest BCUT2D eigenvalue weighted by Crippen LogP contribution is -2.57. The van der Waals surface area contributed by atoms with Gasteiger partial charge in [0.1, 0.15) is 30.2 Å². The predicted octanol–water partition coefficient (Wildman–Crippen LogP) is -4.26. The summed E-state index contributed by atoms with van der Waals surface area (Å²) in [6.07, 6.45) is -3.03. The first kappa shape index (κ1) is 37.3. The summed E-state index contributed by atoms with van der Waals surface area (Å²) in [6.45, 7) is -0.560. The Morgan fingerprint density at radius 2 is 1.10 bits per heavy atom. The number of rotatable bonds is 20. The van der Waals surface area contributed by atoms with Crippen LogP contribution < -0.4 is 32.3 Å². The predicted molar refractivity (Wildman–Crippen MR) is 139 cm³/mol. The molecule has 0 aromatic carbocycles. The van der Waals surface area contributed by atoms with Crippen molar-refractivity contribution >= 4 is 66.2 Å². The second-order valence-corrected chi connectivity index (χ2v) is 8.89. The molecule has 0 radical (unpaired) electrons. The van der Waals surface area contributed by atoms with E-state index in [-0.39, 0.29) is 5.75 Å². The molecular weight excluding hydrogens is 592 g/mol. The van der Waals surface area contributed by atoms with Crippen molar-refractivity contribution in [2.45, 2.75) is 62.3 Å². The maximum atomic E-state index is 12.3. The molecule has 0 aliphatic heterocycles. The van der Waals surface area contributed by atoms with Gasteiger partial charge in [-0.1, -0.05) is 0 Å². The minimum absolute atomic E-state index is 0.334. The third-order valence-electron chi connectivity index (χ3n) is 5.18. The standard InChI is InChI=1S/C21H32N6O14S/c22-8(16(33)24-11(5-15(31)32)17(34)25-12(7-42)20(39)40)6-23-13(28)3-1-9(18(35)36)26-21(41)27-10(19(37)38)2-4-14(29)30/h8-12,42H,1-7,22H2,(H,23,28)(H,24,33)(H,25,34)(H,29,30)(H,31,32)(H,35,36)(H,37,38)(H,39,40)(H2,26,27,41). The second-order valence-electron chi connectivity index (χ2n) is 8.52. The van der Waals surface area contributed by atoms with E-state index in [4.69, 9.17) is 26.2 Å². The van der Waals surface area contributed by atoms with Gasteiger partial charge in [0.15, 0.2) is 0 Å². The Bertz CT molecular complexity index is 1060. The van der Waals surface area contributed by atoms with Crippen LogP contribution in [-0.4, -0.2) is 122 Å². The van der Waals surface area contributed by atoms with Crippen molar-refractivity contribution in [2.24, 2.45) is 5.73 Å². The zero-order chi connectivity index (χ0) is 32.6. The fourth-order valence-corrected chi connectivity index (χ4v) is 3.19. The molecule has 0 heterocycles. The Balaban J connectivity index is 4.95. The topological polar surface area (TPSA) is 341 Å². The van der Waals surface area contributed by atoms with E-state index in [1.165, 1.54) is 0 Å². The van der Waals surface area contributed by atoms with Gasteiger partial charge in [-0.15, -0.1) is 0 Å². The van der Waals surface area contributed by atoms with E-state index in [9.17, 15) is 48.3 Å². The van der Waals surface area contributed by atoms with Crippen LogP contribution in [-0.2, 0) is 38.4 Å². The van der Waals surface area contributed by atoms with E-state index in [0.29, 0.717) is 0 Å². The van der Waals surface area contributed by atoms with E-state index in [1.54, 1.807) is 0 Å². The van der Waals surface area contributed by atoms with Gasteiger partial charge in [-0.25, -0.2) is 19.2 Å². The maximum Gasteiger partial charge on any atom is 0.327 e. The SMILES string of the molecule is NC(CNC(=O)CCC(NC(=O)NC(CCC(=O)O)C(=O)O)C(=O)O)C(=O)NC(CC(=O)O)C(=O)NC(CS)C(=O)O. The van der Waals surface area contributed by atoms with Gasteiger partial charge in [0.2, 0.25) is 17.7 Å². The van der Waals surface area contributed by atoms with Gasteiger partial charge in [-0.2, -0.15) is 12.6 Å². The van der Waals surface area contributed by atoms with Gasteiger partial charge in [0, 0.05) is 25.1 Å². The van der Waals surface area contributed by atoms with Crippen LogP contribution in [0.1, 0.15) is 32.1 Å². The molecule has 0 fully saturated rings. The van der Waals surface area contributed by atoms with Crippen LogP contribution in [0.3, 0.4) is 0 Å². The number of nitrogens with two attached hydrogens (primary N) is 1. The van der Waals surface area contributed by atoms with Crippen molar-refractivity contribution in [2.75, 3.05) is 12.3 Å². The van der Waals surface area contributed by atoms with Gasteiger partial charge in [0.05, 0.1) is 6.42 Å². The van der Waals surface area contributed by atoms with Crippen LogP contribution in [0.5, 0.6) is 0 Å². The summed E-state index contributed by atoms with van der Waals surface area (Å²) in [7, 11) is 0. The molecule has 0 aliphatic carbocycles. The number of hydrogen-bond donors (Lipinski definition) is 12. The van der Waals surface area contributed by atoms with Crippen LogP contribution >= 0.6 is 12.6 Å². The summed E-state index contributed by atoms with van der Waals surface area (Å²) < 4.78 is 0. The van der Waals surface area contributed by atoms with Gasteiger partial charge >= 0.3 is 35.9 Å². The van der Waals surface area contributed by atoms with Gasteiger partial charge in [0.25, 0.3) is 0 Å². The summed E-state index contributed by atoms with van der Waals surface area (Å²) in [5, 5.41) is 55.1. The number of urea groups is 1. The van der Waals surface area contributed by atoms with E-state index in [0.717, 1.165) is 0 Å². The number of carboxylic acids is 5. The average Bonchev–Trinajstić information content (AvgIpc) is 2.88. The molecule has 0 rings (SSSR count). The first-order chi connectivity index (χ1) is 19.5. The number of nitrogens with one attached hydrogen (secondary N) is 5. The molecule has 0 aromatic rings. The number of aliphatic carboxylic acids is 5. The van der Waals surface area contributed by atoms with E-state index >= 15 is 0 Å². The Hall–Kier alpha value is -4.66. The number of carbonyl (C=O) groups excluding carboxylic acids is 4. The molecule has 0 aromatic heterocycles. The summed E-state index contributed by atoms with van der Waals surface area (Å²) in [5.74, 6) is -10.8. The molecular formula is C21H32N6O14S. The summed E-state index contributed by atoms with van der Waals surface area (Å²) in [6, 6.07) is -9.29. The number of carbonyl (C=O) groups is 9. The molecule has 0 saturated carbocycles. The quantitative estimate of drug-likeness (QED) is 0.0570. The smallest absolute Gasteiger partial charge is 0.327 e. The van der Waals surface area contributed by atoms with Crippen LogP contribution in [0.25, 0.3) is 0 Å². The third kappa shape index (κ3) is 15.2. The molecule has 5 unspecified atom stereocenters. The first-order valence-electron chi connectivity index (χ1n) is 11.9. The molecule has 0 bridgehead atoms. The molecule has 42 heavy (non-hydrogen) atoms. The van der Waals surface area contributed by atoms with E-state index < -0.39 is 122 Å². The lowest BCUT2D eigenvalue weighted by atomic mass is 10.1.